The summed E-state index contributed by atoms with van der Waals surface area (Å²) in [6, 6.07) is 3.23. The lowest BCUT2D eigenvalue weighted by Crippen LogP contribution is -2.49. The third-order valence-electron chi connectivity index (χ3n) is 3.63. The second-order valence-corrected chi connectivity index (χ2v) is 7.18. The third kappa shape index (κ3) is 3.34. The maximum absolute atomic E-state index is 12.4. The van der Waals surface area contributed by atoms with Gasteiger partial charge in [0.1, 0.15) is 4.90 Å². The molecule has 21 heavy (non-hydrogen) atoms. The lowest BCUT2D eigenvalue weighted by atomic mass is 10.0. The molecule has 1 aromatic rings. The molecule has 0 amide bonds. The first-order valence-electron chi connectivity index (χ1n) is 6.38. The molecule has 0 unspecified atom stereocenters. The van der Waals surface area contributed by atoms with Gasteiger partial charge in [0, 0.05) is 12.1 Å². The highest BCUT2D eigenvalue weighted by Gasteiger charge is 2.38. The molecule has 0 spiro atoms. The van der Waals surface area contributed by atoms with E-state index >= 15 is 0 Å². The van der Waals surface area contributed by atoms with Gasteiger partial charge in [-0.25, -0.2) is 13.1 Å². The second-order valence-electron chi connectivity index (χ2n) is 5.12. The van der Waals surface area contributed by atoms with E-state index in [-0.39, 0.29) is 22.2 Å². The first kappa shape index (κ1) is 16.2. The van der Waals surface area contributed by atoms with E-state index in [1.165, 1.54) is 6.07 Å². The SMILES string of the molecule is O=[N+]([O-])c1ccc(Cl)c(S(=O)(=O)NC2(CO)CCCC2)c1. The van der Waals surface area contributed by atoms with E-state index < -0.39 is 20.5 Å². The molecule has 2 rings (SSSR count). The Balaban J connectivity index is 2.39. The molecule has 1 fully saturated rings. The summed E-state index contributed by atoms with van der Waals surface area (Å²) in [5.74, 6) is 0. The molecule has 0 atom stereocenters. The van der Waals surface area contributed by atoms with Crippen molar-refractivity contribution in [1.29, 1.82) is 0 Å². The predicted octanol–water partition coefficient (Wildman–Crippen LogP) is 1.83. The van der Waals surface area contributed by atoms with Crippen molar-refractivity contribution < 1.29 is 18.4 Å². The van der Waals surface area contributed by atoms with Crippen LogP contribution in [0.5, 0.6) is 0 Å². The van der Waals surface area contributed by atoms with E-state index in [0.717, 1.165) is 25.0 Å². The average Bonchev–Trinajstić information content (AvgIpc) is 2.87. The summed E-state index contributed by atoms with van der Waals surface area (Å²) in [6.45, 7) is -0.321. The summed E-state index contributed by atoms with van der Waals surface area (Å²) in [6.07, 6.45) is 2.67. The molecule has 2 N–H and O–H groups in total. The van der Waals surface area contributed by atoms with Gasteiger partial charge >= 0.3 is 0 Å². The molecular formula is C12H15ClN2O5S. The van der Waals surface area contributed by atoms with Crippen molar-refractivity contribution in [2.45, 2.75) is 36.1 Å². The van der Waals surface area contributed by atoms with E-state index in [1.54, 1.807) is 0 Å². The highest BCUT2D eigenvalue weighted by molar-refractivity contribution is 7.89. The largest absolute Gasteiger partial charge is 0.394 e. The fourth-order valence-electron chi connectivity index (χ4n) is 2.50. The van der Waals surface area contributed by atoms with Crippen LogP contribution in [0, 0.1) is 10.1 Å². The molecule has 1 saturated carbocycles. The fourth-order valence-corrected chi connectivity index (χ4v) is 4.47. The van der Waals surface area contributed by atoms with Gasteiger partial charge in [0.2, 0.25) is 10.0 Å². The smallest absolute Gasteiger partial charge is 0.270 e. The quantitative estimate of drug-likeness (QED) is 0.630. The highest BCUT2D eigenvalue weighted by atomic mass is 35.5. The number of nitro benzene ring substituents is 1. The fraction of sp³-hybridized carbons (Fsp3) is 0.500. The second kappa shape index (κ2) is 5.88. The van der Waals surface area contributed by atoms with Crippen LogP contribution in [0.2, 0.25) is 5.02 Å². The van der Waals surface area contributed by atoms with E-state index in [4.69, 9.17) is 11.6 Å². The molecule has 116 valence electrons. The average molecular weight is 335 g/mol. The van der Waals surface area contributed by atoms with Crippen LogP contribution < -0.4 is 4.72 Å². The van der Waals surface area contributed by atoms with Crippen molar-refractivity contribution >= 4 is 27.3 Å². The third-order valence-corrected chi connectivity index (χ3v) is 5.69. The number of halogens is 1. The Morgan fingerprint density at radius 2 is 2.00 bits per heavy atom. The minimum Gasteiger partial charge on any atom is -0.394 e. The maximum Gasteiger partial charge on any atom is 0.270 e. The first-order chi connectivity index (χ1) is 9.80. The summed E-state index contributed by atoms with van der Waals surface area (Å²) >= 11 is 5.86. The molecule has 0 heterocycles. The van der Waals surface area contributed by atoms with Gasteiger partial charge in [-0.1, -0.05) is 24.4 Å². The molecule has 0 aliphatic heterocycles. The number of rotatable bonds is 5. The number of nitrogens with one attached hydrogen (secondary N) is 1. The Morgan fingerprint density at radius 1 is 1.38 bits per heavy atom. The summed E-state index contributed by atoms with van der Waals surface area (Å²) in [5.41, 5.74) is -1.27. The number of aliphatic hydroxyl groups is 1. The minimum absolute atomic E-state index is 0.0980. The zero-order chi connectivity index (χ0) is 15.7. The molecule has 1 aliphatic rings. The molecule has 0 radical (unpaired) electrons. The van der Waals surface area contributed by atoms with Crippen molar-refractivity contribution in [3.63, 3.8) is 0 Å². The van der Waals surface area contributed by atoms with Gasteiger partial charge in [-0.15, -0.1) is 0 Å². The topological polar surface area (TPSA) is 110 Å². The van der Waals surface area contributed by atoms with Crippen LogP contribution in [0.15, 0.2) is 23.1 Å². The Labute approximate surface area is 127 Å². The standard InChI is InChI=1S/C12H15ClN2O5S/c13-10-4-3-9(15(17)18)7-11(10)21(19,20)14-12(8-16)5-1-2-6-12/h3-4,7,14,16H,1-2,5-6,8H2. The first-order valence-corrected chi connectivity index (χ1v) is 8.25. The van der Waals surface area contributed by atoms with E-state index in [0.29, 0.717) is 12.8 Å². The van der Waals surface area contributed by atoms with Crippen LogP contribution in [0.1, 0.15) is 25.7 Å². The minimum atomic E-state index is -4.05. The van der Waals surface area contributed by atoms with E-state index in [9.17, 15) is 23.6 Å². The Bertz CT molecular complexity index is 656. The van der Waals surface area contributed by atoms with Gasteiger partial charge in [-0.3, -0.25) is 10.1 Å². The molecule has 1 aromatic carbocycles. The Morgan fingerprint density at radius 3 is 2.52 bits per heavy atom. The van der Waals surface area contributed by atoms with Crippen molar-refractivity contribution in [3.8, 4) is 0 Å². The Kier molecular flexibility index (Phi) is 4.52. The van der Waals surface area contributed by atoms with Crippen LogP contribution in [-0.2, 0) is 10.0 Å². The van der Waals surface area contributed by atoms with Crippen LogP contribution in [0.3, 0.4) is 0 Å². The number of aliphatic hydroxyl groups excluding tert-OH is 1. The molecule has 0 saturated heterocycles. The van der Waals surface area contributed by atoms with Crippen LogP contribution >= 0.6 is 11.6 Å². The van der Waals surface area contributed by atoms with Gasteiger partial charge in [0.25, 0.3) is 5.69 Å². The summed E-state index contributed by atoms with van der Waals surface area (Å²) in [5, 5.41) is 20.1. The lowest BCUT2D eigenvalue weighted by molar-refractivity contribution is -0.385. The van der Waals surface area contributed by atoms with Crippen LogP contribution in [-0.4, -0.2) is 30.6 Å². The number of benzene rings is 1. The monoisotopic (exact) mass is 334 g/mol. The van der Waals surface area contributed by atoms with E-state index in [1.807, 2.05) is 0 Å². The van der Waals surface area contributed by atoms with Crippen molar-refractivity contribution in [1.82, 2.24) is 4.72 Å². The number of non-ortho nitro benzene ring substituents is 1. The van der Waals surface area contributed by atoms with Gasteiger partial charge in [0.05, 0.1) is 22.1 Å². The number of sulfonamides is 1. The molecule has 0 aromatic heterocycles. The van der Waals surface area contributed by atoms with Crippen LogP contribution in [0.25, 0.3) is 0 Å². The summed E-state index contributed by atoms with van der Waals surface area (Å²) < 4.78 is 27.3. The highest BCUT2D eigenvalue weighted by Crippen LogP contribution is 2.33. The van der Waals surface area contributed by atoms with Crippen molar-refractivity contribution in [2.24, 2.45) is 0 Å². The lowest BCUT2D eigenvalue weighted by Gasteiger charge is -2.27. The van der Waals surface area contributed by atoms with Crippen molar-refractivity contribution in [3.05, 3.63) is 33.3 Å². The Hall–Kier alpha value is -1.22. The molecule has 1 aliphatic carbocycles. The summed E-state index contributed by atoms with van der Waals surface area (Å²) in [7, 11) is -4.05. The maximum atomic E-state index is 12.4. The molecule has 7 nitrogen and oxygen atoms in total. The predicted molar refractivity (Wildman–Crippen MR) is 76.7 cm³/mol. The van der Waals surface area contributed by atoms with E-state index in [2.05, 4.69) is 4.72 Å². The van der Waals surface area contributed by atoms with Gasteiger partial charge in [-0.2, -0.15) is 0 Å². The number of hydrogen-bond donors (Lipinski definition) is 2. The van der Waals surface area contributed by atoms with Gasteiger partial charge < -0.3 is 5.11 Å². The number of nitro groups is 1. The summed E-state index contributed by atoms with van der Waals surface area (Å²) in [4.78, 5) is 9.73. The normalized spacial score (nSPS) is 17.8. The zero-order valence-electron chi connectivity index (χ0n) is 11.1. The molecule has 0 bridgehead atoms. The van der Waals surface area contributed by atoms with Crippen LogP contribution in [0.4, 0.5) is 5.69 Å². The van der Waals surface area contributed by atoms with Gasteiger partial charge in [0.15, 0.2) is 0 Å². The molecule has 9 heteroatoms. The van der Waals surface area contributed by atoms with Crippen molar-refractivity contribution in [2.75, 3.05) is 6.61 Å². The number of hydrogen-bond acceptors (Lipinski definition) is 5. The molecular weight excluding hydrogens is 320 g/mol. The zero-order valence-corrected chi connectivity index (χ0v) is 12.7. The number of nitrogens with zero attached hydrogens (tertiary/aromatic N) is 1. The van der Waals surface area contributed by atoms with Gasteiger partial charge in [-0.05, 0) is 18.9 Å².